The van der Waals surface area contributed by atoms with Crippen molar-refractivity contribution in [3.63, 3.8) is 0 Å². The van der Waals surface area contributed by atoms with Crippen LogP contribution in [0, 0.1) is 0 Å². The summed E-state index contributed by atoms with van der Waals surface area (Å²) >= 11 is 6.35. The molecule has 1 heterocycles. The number of ether oxygens (including phenoxy) is 1. The highest BCUT2D eigenvalue weighted by molar-refractivity contribution is 6.31. The normalized spacial score (nSPS) is 17.2. The van der Waals surface area contributed by atoms with Crippen LogP contribution in [0.4, 0.5) is 0 Å². The van der Waals surface area contributed by atoms with E-state index in [-0.39, 0.29) is 11.9 Å². The minimum Gasteiger partial charge on any atom is -0.379 e. The number of nitrogens with zero attached hydrogens (tertiary/aromatic N) is 1. The lowest BCUT2D eigenvalue weighted by atomic mass is 10.0. The van der Waals surface area contributed by atoms with E-state index in [1.165, 1.54) is 0 Å². The number of halogens is 1. The zero-order valence-electron chi connectivity index (χ0n) is 12.8. The van der Waals surface area contributed by atoms with Gasteiger partial charge in [0.25, 0.3) is 0 Å². The number of carbonyl (C=O) groups excluding carboxylic acids is 1. The second-order valence-electron chi connectivity index (χ2n) is 5.38. The highest BCUT2D eigenvalue weighted by Crippen LogP contribution is 2.27. The lowest BCUT2D eigenvalue weighted by Crippen LogP contribution is -2.44. The minimum atomic E-state index is 0.0377. The molecule has 0 radical (unpaired) electrons. The minimum absolute atomic E-state index is 0.0377. The molecule has 0 saturated carbocycles. The smallest absolute Gasteiger partial charge is 0.220 e. The van der Waals surface area contributed by atoms with E-state index in [0.717, 1.165) is 23.7 Å². The summed E-state index contributed by atoms with van der Waals surface area (Å²) in [6, 6.07) is 7.88. The Morgan fingerprint density at radius 3 is 2.77 bits per heavy atom. The Morgan fingerprint density at radius 1 is 1.36 bits per heavy atom. The molecule has 1 aromatic rings. The maximum absolute atomic E-state index is 11.9. The van der Waals surface area contributed by atoms with Crippen molar-refractivity contribution >= 4 is 17.5 Å². The maximum atomic E-state index is 11.9. The molecule has 1 aromatic carbocycles. The third kappa shape index (κ3) is 4.95. The van der Waals surface area contributed by atoms with Crippen molar-refractivity contribution in [2.24, 2.45) is 5.73 Å². The number of hydrogen-bond donors (Lipinski definition) is 2. The zero-order chi connectivity index (χ0) is 15.8. The van der Waals surface area contributed by atoms with E-state index >= 15 is 0 Å². The van der Waals surface area contributed by atoms with Crippen LogP contribution in [0.15, 0.2) is 24.3 Å². The first-order chi connectivity index (χ1) is 10.7. The summed E-state index contributed by atoms with van der Waals surface area (Å²) < 4.78 is 5.42. The average molecular weight is 326 g/mol. The molecule has 1 unspecified atom stereocenters. The van der Waals surface area contributed by atoms with Crippen LogP contribution in [0.25, 0.3) is 0 Å². The van der Waals surface area contributed by atoms with Crippen molar-refractivity contribution in [1.29, 1.82) is 0 Å². The predicted octanol–water partition coefficient (Wildman–Crippen LogP) is 1.57. The summed E-state index contributed by atoms with van der Waals surface area (Å²) in [7, 11) is 0. The molecule has 0 aliphatic carbocycles. The third-order valence-corrected chi connectivity index (χ3v) is 4.20. The highest BCUT2D eigenvalue weighted by atomic mass is 35.5. The number of morpholine rings is 1. The van der Waals surface area contributed by atoms with Gasteiger partial charge in [-0.05, 0) is 24.6 Å². The molecule has 1 saturated heterocycles. The molecule has 0 spiro atoms. The molecule has 5 nitrogen and oxygen atoms in total. The highest BCUT2D eigenvalue weighted by Gasteiger charge is 2.24. The number of benzene rings is 1. The molecule has 1 amide bonds. The topological polar surface area (TPSA) is 67.6 Å². The van der Waals surface area contributed by atoms with Gasteiger partial charge in [0, 0.05) is 31.1 Å². The second kappa shape index (κ2) is 9.10. The van der Waals surface area contributed by atoms with Crippen LogP contribution in [-0.4, -0.2) is 50.2 Å². The Balaban J connectivity index is 2.05. The standard InChI is InChI=1S/C16H24ClN3O2/c17-14-5-2-1-4-13(14)15(20-8-10-22-11-9-20)12-19-16(21)6-3-7-18/h1-2,4-5,15H,3,6-12,18H2,(H,19,21). The monoisotopic (exact) mass is 325 g/mol. The molecule has 1 fully saturated rings. The van der Waals surface area contributed by atoms with Crippen LogP contribution in [0.2, 0.25) is 5.02 Å². The van der Waals surface area contributed by atoms with Crippen LogP contribution in [0.3, 0.4) is 0 Å². The van der Waals surface area contributed by atoms with Crippen LogP contribution in [0.5, 0.6) is 0 Å². The number of hydrogen-bond acceptors (Lipinski definition) is 4. The number of nitrogens with two attached hydrogens (primary N) is 1. The maximum Gasteiger partial charge on any atom is 0.220 e. The van der Waals surface area contributed by atoms with Crippen molar-refractivity contribution in [3.05, 3.63) is 34.9 Å². The van der Waals surface area contributed by atoms with Gasteiger partial charge in [-0.15, -0.1) is 0 Å². The predicted molar refractivity (Wildman–Crippen MR) is 87.9 cm³/mol. The molecule has 1 atom stereocenters. The molecule has 3 N–H and O–H groups in total. The van der Waals surface area contributed by atoms with Crippen LogP contribution in [0.1, 0.15) is 24.4 Å². The Bertz CT molecular complexity index is 478. The number of carbonyl (C=O) groups is 1. The van der Waals surface area contributed by atoms with Crippen molar-refractivity contribution in [2.75, 3.05) is 39.4 Å². The van der Waals surface area contributed by atoms with Gasteiger partial charge in [-0.1, -0.05) is 29.8 Å². The molecule has 2 rings (SSSR count). The van der Waals surface area contributed by atoms with E-state index in [1.54, 1.807) is 0 Å². The van der Waals surface area contributed by atoms with Gasteiger partial charge in [0.1, 0.15) is 0 Å². The lowest BCUT2D eigenvalue weighted by Gasteiger charge is -2.35. The van der Waals surface area contributed by atoms with Crippen molar-refractivity contribution < 1.29 is 9.53 Å². The number of rotatable bonds is 7. The first kappa shape index (κ1) is 17.2. The Labute approximate surface area is 136 Å². The molecule has 6 heteroatoms. The average Bonchev–Trinajstić information content (AvgIpc) is 2.55. The number of amides is 1. The van der Waals surface area contributed by atoms with Crippen molar-refractivity contribution in [2.45, 2.75) is 18.9 Å². The van der Waals surface area contributed by atoms with E-state index < -0.39 is 0 Å². The second-order valence-corrected chi connectivity index (χ2v) is 5.79. The lowest BCUT2D eigenvalue weighted by molar-refractivity contribution is -0.121. The molecule has 122 valence electrons. The summed E-state index contributed by atoms with van der Waals surface area (Å²) in [6.45, 7) is 4.19. The van der Waals surface area contributed by atoms with Gasteiger partial charge in [0.05, 0.1) is 19.3 Å². The molecule has 0 aromatic heterocycles. The Kier molecular flexibility index (Phi) is 7.12. The van der Waals surface area contributed by atoms with Gasteiger partial charge in [-0.3, -0.25) is 9.69 Å². The van der Waals surface area contributed by atoms with Gasteiger partial charge in [0.15, 0.2) is 0 Å². The summed E-state index contributed by atoms with van der Waals surface area (Å²) in [5.41, 5.74) is 6.49. The van der Waals surface area contributed by atoms with Crippen molar-refractivity contribution in [3.8, 4) is 0 Å². The summed E-state index contributed by atoms with van der Waals surface area (Å²) in [4.78, 5) is 14.2. The molecule has 1 aliphatic rings. The Morgan fingerprint density at radius 2 is 2.09 bits per heavy atom. The fourth-order valence-corrected chi connectivity index (χ4v) is 2.89. The molecular weight excluding hydrogens is 302 g/mol. The van der Waals surface area contributed by atoms with Gasteiger partial charge in [0.2, 0.25) is 5.91 Å². The van der Waals surface area contributed by atoms with Crippen LogP contribution in [-0.2, 0) is 9.53 Å². The van der Waals surface area contributed by atoms with Crippen LogP contribution >= 0.6 is 11.6 Å². The summed E-state index contributed by atoms with van der Waals surface area (Å²) in [5.74, 6) is 0.0377. The first-order valence-electron chi connectivity index (χ1n) is 7.75. The van der Waals surface area contributed by atoms with E-state index in [0.29, 0.717) is 39.1 Å². The fraction of sp³-hybridized carbons (Fsp3) is 0.562. The first-order valence-corrected chi connectivity index (χ1v) is 8.13. The van der Waals surface area contributed by atoms with E-state index in [4.69, 9.17) is 22.1 Å². The van der Waals surface area contributed by atoms with E-state index in [1.807, 2.05) is 24.3 Å². The largest absolute Gasteiger partial charge is 0.379 e. The zero-order valence-corrected chi connectivity index (χ0v) is 13.5. The van der Waals surface area contributed by atoms with Gasteiger partial charge < -0.3 is 15.8 Å². The molecule has 22 heavy (non-hydrogen) atoms. The van der Waals surface area contributed by atoms with E-state index in [2.05, 4.69) is 10.2 Å². The Hall–Kier alpha value is -1.14. The molecular formula is C16H24ClN3O2. The van der Waals surface area contributed by atoms with Crippen LogP contribution < -0.4 is 11.1 Å². The SMILES string of the molecule is NCCCC(=O)NCC(c1ccccc1Cl)N1CCOCC1. The fourth-order valence-electron chi connectivity index (χ4n) is 2.63. The van der Waals surface area contributed by atoms with Gasteiger partial charge in [-0.25, -0.2) is 0 Å². The van der Waals surface area contributed by atoms with Gasteiger partial charge >= 0.3 is 0 Å². The summed E-state index contributed by atoms with van der Waals surface area (Å²) in [6.07, 6.45) is 1.18. The third-order valence-electron chi connectivity index (χ3n) is 3.85. The number of nitrogens with one attached hydrogen (secondary N) is 1. The van der Waals surface area contributed by atoms with Crippen molar-refractivity contribution in [1.82, 2.24) is 10.2 Å². The summed E-state index contributed by atoms with van der Waals surface area (Å²) in [5, 5.41) is 3.74. The molecule has 1 aliphatic heterocycles. The molecule has 0 bridgehead atoms. The van der Waals surface area contributed by atoms with Gasteiger partial charge in [-0.2, -0.15) is 0 Å². The quantitative estimate of drug-likeness (QED) is 0.798. The van der Waals surface area contributed by atoms with E-state index in [9.17, 15) is 4.79 Å².